The molecule has 4 nitrogen and oxygen atoms in total. The van der Waals surface area contributed by atoms with Crippen molar-refractivity contribution in [2.75, 3.05) is 0 Å². The van der Waals surface area contributed by atoms with Gasteiger partial charge in [0.2, 0.25) is 0 Å². The van der Waals surface area contributed by atoms with E-state index in [9.17, 15) is 15.0 Å². The van der Waals surface area contributed by atoms with Crippen LogP contribution < -0.4 is 0 Å². The molecular formula is C20H36O4. The van der Waals surface area contributed by atoms with Gasteiger partial charge in [-0.1, -0.05) is 57.6 Å². The molecule has 0 heterocycles. The second-order valence-electron chi connectivity index (χ2n) is 7.27. The maximum Gasteiger partial charge on any atom is 0.303 e. The largest absolute Gasteiger partial charge is 0.481 e. The van der Waals surface area contributed by atoms with Crippen LogP contribution in [0.2, 0.25) is 0 Å². The van der Waals surface area contributed by atoms with Gasteiger partial charge in [0.05, 0.1) is 12.2 Å². The molecule has 1 aliphatic carbocycles. The zero-order valence-electron chi connectivity index (χ0n) is 15.2. The number of hydrogen-bond acceptors (Lipinski definition) is 3. The van der Waals surface area contributed by atoms with E-state index in [0.717, 1.165) is 64.2 Å². The van der Waals surface area contributed by atoms with Crippen LogP contribution in [0.1, 0.15) is 84.0 Å². The van der Waals surface area contributed by atoms with Gasteiger partial charge in [-0.25, -0.2) is 0 Å². The van der Waals surface area contributed by atoms with Gasteiger partial charge >= 0.3 is 5.97 Å². The van der Waals surface area contributed by atoms with Gasteiger partial charge in [0, 0.05) is 6.42 Å². The fourth-order valence-electron chi connectivity index (χ4n) is 3.70. The predicted octanol–water partition coefficient (Wildman–Crippen LogP) is 4.30. The van der Waals surface area contributed by atoms with Crippen molar-refractivity contribution in [1.29, 1.82) is 0 Å². The number of aliphatic hydroxyl groups excluding tert-OH is 2. The molecule has 0 saturated heterocycles. The van der Waals surface area contributed by atoms with Crippen LogP contribution in [0.4, 0.5) is 0 Å². The lowest BCUT2D eigenvalue weighted by Gasteiger charge is -2.20. The summed E-state index contributed by atoms with van der Waals surface area (Å²) in [5, 5.41) is 28.8. The third-order valence-electron chi connectivity index (χ3n) is 5.20. The Labute approximate surface area is 147 Å². The maximum absolute atomic E-state index is 10.5. The van der Waals surface area contributed by atoms with Gasteiger partial charge in [0.25, 0.3) is 0 Å². The molecule has 1 rings (SSSR count). The average molecular weight is 341 g/mol. The number of unbranched alkanes of at least 4 members (excludes halogenated alkanes) is 5. The van der Waals surface area contributed by atoms with Crippen molar-refractivity contribution in [3.8, 4) is 0 Å². The lowest BCUT2D eigenvalue weighted by molar-refractivity contribution is -0.137. The number of aliphatic hydroxyl groups is 2. The minimum absolute atomic E-state index is 0.226. The van der Waals surface area contributed by atoms with Crippen LogP contribution in [0.25, 0.3) is 0 Å². The highest BCUT2D eigenvalue weighted by molar-refractivity contribution is 5.66. The van der Waals surface area contributed by atoms with E-state index in [4.69, 9.17) is 5.11 Å². The minimum atomic E-state index is -0.719. The second kappa shape index (κ2) is 12.5. The Morgan fingerprint density at radius 1 is 1.12 bits per heavy atom. The van der Waals surface area contributed by atoms with Crippen LogP contribution >= 0.6 is 0 Å². The van der Waals surface area contributed by atoms with Gasteiger partial charge in [-0.15, -0.1) is 0 Å². The maximum atomic E-state index is 10.5. The highest BCUT2D eigenvalue weighted by atomic mass is 16.4. The van der Waals surface area contributed by atoms with Gasteiger partial charge < -0.3 is 15.3 Å². The molecule has 0 aromatic carbocycles. The number of rotatable bonds is 13. The highest BCUT2D eigenvalue weighted by Gasteiger charge is 2.32. The van der Waals surface area contributed by atoms with E-state index in [2.05, 4.69) is 13.0 Å². The number of hydrogen-bond donors (Lipinski definition) is 3. The van der Waals surface area contributed by atoms with Crippen LogP contribution in [0.5, 0.6) is 0 Å². The molecule has 1 aliphatic rings. The molecule has 24 heavy (non-hydrogen) atoms. The van der Waals surface area contributed by atoms with Crippen LogP contribution in [0.15, 0.2) is 12.2 Å². The summed E-state index contributed by atoms with van der Waals surface area (Å²) in [4.78, 5) is 10.5. The Hall–Kier alpha value is -0.870. The molecule has 0 spiro atoms. The topological polar surface area (TPSA) is 77.8 Å². The zero-order chi connectivity index (χ0) is 17.8. The molecule has 0 aliphatic heterocycles. The molecule has 0 radical (unpaired) electrons. The van der Waals surface area contributed by atoms with Gasteiger partial charge in [-0.3, -0.25) is 4.79 Å². The van der Waals surface area contributed by atoms with Crippen LogP contribution in [0, 0.1) is 11.8 Å². The van der Waals surface area contributed by atoms with E-state index in [1.807, 2.05) is 6.08 Å². The third kappa shape index (κ3) is 8.84. The first kappa shape index (κ1) is 21.2. The molecule has 0 bridgehead atoms. The number of carboxylic acid groups (broad SMARTS) is 1. The van der Waals surface area contributed by atoms with Crippen LogP contribution in [-0.2, 0) is 4.79 Å². The quantitative estimate of drug-likeness (QED) is 0.345. The zero-order valence-corrected chi connectivity index (χ0v) is 15.2. The Kier molecular flexibility index (Phi) is 11.0. The molecule has 0 aromatic heterocycles. The Morgan fingerprint density at radius 2 is 1.88 bits per heavy atom. The van der Waals surface area contributed by atoms with Crippen molar-refractivity contribution in [2.45, 2.75) is 96.2 Å². The van der Waals surface area contributed by atoms with E-state index in [1.54, 1.807) is 0 Å². The molecular weight excluding hydrogens is 304 g/mol. The van der Waals surface area contributed by atoms with Crippen LogP contribution in [-0.4, -0.2) is 33.5 Å². The lowest BCUT2D eigenvalue weighted by atomic mass is 9.88. The van der Waals surface area contributed by atoms with Crippen LogP contribution in [0.3, 0.4) is 0 Å². The molecule has 4 atom stereocenters. The Bertz CT molecular complexity index is 367. The van der Waals surface area contributed by atoms with E-state index in [-0.39, 0.29) is 18.6 Å². The molecule has 3 N–H and O–H groups in total. The van der Waals surface area contributed by atoms with Crippen molar-refractivity contribution >= 4 is 5.97 Å². The summed E-state index contributed by atoms with van der Waals surface area (Å²) >= 11 is 0. The summed E-state index contributed by atoms with van der Waals surface area (Å²) in [6.45, 7) is 2.16. The van der Waals surface area contributed by atoms with Gasteiger partial charge in [-0.2, -0.15) is 0 Å². The average Bonchev–Trinajstić information content (AvgIpc) is 2.89. The van der Waals surface area contributed by atoms with Gasteiger partial charge in [0.1, 0.15) is 0 Å². The first-order valence-corrected chi connectivity index (χ1v) is 9.80. The van der Waals surface area contributed by atoms with Gasteiger partial charge in [0.15, 0.2) is 0 Å². The first-order chi connectivity index (χ1) is 11.5. The third-order valence-corrected chi connectivity index (χ3v) is 5.20. The fraction of sp³-hybridized carbons (Fsp3) is 0.850. The predicted molar refractivity (Wildman–Crippen MR) is 96.8 cm³/mol. The van der Waals surface area contributed by atoms with E-state index in [1.165, 1.54) is 6.42 Å². The summed E-state index contributed by atoms with van der Waals surface area (Å²) in [5.74, 6) is -0.0488. The molecule has 1 saturated carbocycles. The SMILES string of the molecule is CCCCCC(O)C=C[C@H]1CC[C@@H](O)[C@@H]1CCCCCCC(=O)O. The lowest BCUT2D eigenvalue weighted by Crippen LogP contribution is -2.18. The minimum Gasteiger partial charge on any atom is -0.481 e. The molecule has 4 heteroatoms. The number of aliphatic carboxylic acids is 1. The number of allylic oxidation sites excluding steroid dienone is 1. The van der Waals surface area contributed by atoms with E-state index < -0.39 is 5.97 Å². The first-order valence-electron chi connectivity index (χ1n) is 9.80. The fourth-order valence-corrected chi connectivity index (χ4v) is 3.70. The second-order valence-corrected chi connectivity index (χ2v) is 7.27. The molecule has 0 aromatic rings. The normalized spacial score (nSPS) is 25.4. The smallest absolute Gasteiger partial charge is 0.303 e. The molecule has 140 valence electrons. The van der Waals surface area contributed by atoms with E-state index in [0.29, 0.717) is 11.8 Å². The Morgan fingerprint density at radius 3 is 2.58 bits per heavy atom. The summed E-state index contributed by atoms with van der Waals surface area (Å²) in [7, 11) is 0. The standard InChI is InChI=1S/C20H36O4/c1-2-3-6-9-17(21)14-12-16-13-15-19(22)18(16)10-7-4-5-8-11-20(23)24/h12,14,16-19,21-22H,2-11,13,15H2,1H3,(H,23,24)/t16-,17?,18+,19+/m0/s1. The summed E-state index contributed by atoms with van der Waals surface area (Å²) in [5.41, 5.74) is 0. The van der Waals surface area contributed by atoms with Crippen molar-refractivity contribution in [3.05, 3.63) is 12.2 Å². The molecule has 1 unspecified atom stereocenters. The molecule has 1 fully saturated rings. The summed E-state index contributed by atoms with van der Waals surface area (Å²) < 4.78 is 0. The van der Waals surface area contributed by atoms with Crippen molar-refractivity contribution in [1.82, 2.24) is 0 Å². The monoisotopic (exact) mass is 340 g/mol. The number of carbonyl (C=O) groups is 1. The van der Waals surface area contributed by atoms with Crippen molar-refractivity contribution in [2.24, 2.45) is 11.8 Å². The molecule has 0 amide bonds. The highest BCUT2D eigenvalue weighted by Crippen LogP contribution is 2.36. The Balaban J connectivity index is 2.27. The van der Waals surface area contributed by atoms with Crippen molar-refractivity contribution in [3.63, 3.8) is 0 Å². The summed E-state index contributed by atoms with van der Waals surface area (Å²) in [6.07, 6.45) is 14.6. The van der Waals surface area contributed by atoms with Crippen molar-refractivity contribution < 1.29 is 20.1 Å². The van der Waals surface area contributed by atoms with Gasteiger partial charge in [-0.05, 0) is 43.9 Å². The van der Waals surface area contributed by atoms with E-state index >= 15 is 0 Å². The number of carboxylic acids is 1. The summed E-state index contributed by atoms with van der Waals surface area (Å²) in [6, 6.07) is 0.